The van der Waals surface area contributed by atoms with Gasteiger partial charge in [0.25, 0.3) is 5.91 Å². The number of carbonyl (C=O) groups is 1. The number of amides is 1. The number of hydrogen-bond donors (Lipinski definition) is 0. The zero-order valence-corrected chi connectivity index (χ0v) is 9.24. The van der Waals surface area contributed by atoms with Crippen molar-refractivity contribution in [3.63, 3.8) is 0 Å². The van der Waals surface area contributed by atoms with Crippen LogP contribution < -0.4 is 0 Å². The lowest BCUT2D eigenvalue weighted by molar-refractivity contribution is 0.0765. The summed E-state index contributed by atoms with van der Waals surface area (Å²) in [6.07, 6.45) is 1.86. The lowest BCUT2D eigenvalue weighted by atomic mass is 10.2. The van der Waals surface area contributed by atoms with Crippen molar-refractivity contribution in [1.82, 2.24) is 14.7 Å². The maximum absolute atomic E-state index is 11.9. The Hall–Kier alpha value is -1.32. The molecule has 0 unspecified atom stereocenters. The van der Waals surface area contributed by atoms with Crippen LogP contribution in [0, 0.1) is 6.92 Å². The van der Waals surface area contributed by atoms with Crippen LogP contribution in [-0.4, -0.2) is 33.7 Å². The van der Waals surface area contributed by atoms with E-state index in [1.54, 1.807) is 9.58 Å². The molecule has 0 N–H and O–H groups in total. The second-order valence-corrected chi connectivity index (χ2v) is 3.31. The topological polar surface area (TPSA) is 38.1 Å². The van der Waals surface area contributed by atoms with Gasteiger partial charge in [0.15, 0.2) is 5.69 Å². The number of rotatable bonds is 3. The molecule has 14 heavy (non-hydrogen) atoms. The molecule has 1 aromatic heterocycles. The highest BCUT2D eigenvalue weighted by molar-refractivity contribution is 5.93. The molecule has 0 bridgehead atoms. The predicted octanol–water partition coefficient (Wildman–Crippen LogP) is 1.21. The normalized spacial score (nSPS) is 10.3. The van der Waals surface area contributed by atoms with E-state index in [0.717, 1.165) is 18.7 Å². The second kappa shape index (κ2) is 4.26. The van der Waals surface area contributed by atoms with Gasteiger partial charge < -0.3 is 4.90 Å². The number of nitrogens with zero attached hydrogens (tertiary/aromatic N) is 3. The first kappa shape index (κ1) is 10.8. The molecule has 0 aliphatic carbocycles. The Morgan fingerprint density at radius 1 is 1.50 bits per heavy atom. The first-order valence-electron chi connectivity index (χ1n) is 4.89. The summed E-state index contributed by atoms with van der Waals surface area (Å²) in [7, 11) is 1.83. The van der Waals surface area contributed by atoms with Crippen molar-refractivity contribution >= 4 is 5.91 Å². The summed E-state index contributed by atoms with van der Waals surface area (Å²) in [4.78, 5) is 13.7. The minimum Gasteiger partial charge on any atom is -0.338 e. The van der Waals surface area contributed by atoms with Crippen molar-refractivity contribution in [2.45, 2.75) is 20.8 Å². The number of hydrogen-bond acceptors (Lipinski definition) is 2. The van der Waals surface area contributed by atoms with E-state index in [9.17, 15) is 4.79 Å². The van der Waals surface area contributed by atoms with Crippen molar-refractivity contribution in [3.05, 3.63) is 17.5 Å². The van der Waals surface area contributed by atoms with Crippen LogP contribution in [0.5, 0.6) is 0 Å². The molecule has 0 fully saturated rings. The van der Waals surface area contributed by atoms with Crippen molar-refractivity contribution in [1.29, 1.82) is 0 Å². The fourth-order valence-corrected chi connectivity index (χ4v) is 1.48. The number of aromatic nitrogens is 2. The van der Waals surface area contributed by atoms with E-state index in [4.69, 9.17) is 0 Å². The first-order chi connectivity index (χ1) is 6.60. The molecule has 0 saturated heterocycles. The Morgan fingerprint density at radius 2 is 2.07 bits per heavy atom. The van der Waals surface area contributed by atoms with Crippen molar-refractivity contribution in [2.24, 2.45) is 7.05 Å². The van der Waals surface area contributed by atoms with Crippen molar-refractivity contribution in [2.75, 3.05) is 13.1 Å². The van der Waals surface area contributed by atoms with Crippen LogP contribution in [0.3, 0.4) is 0 Å². The minimum absolute atomic E-state index is 0.0214. The molecule has 0 radical (unpaired) electrons. The molecule has 1 aromatic rings. The average molecular weight is 195 g/mol. The Labute approximate surface area is 84.5 Å². The van der Waals surface area contributed by atoms with Gasteiger partial charge in [-0.1, -0.05) is 0 Å². The summed E-state index contributed by atoms with van der Waals surface area (Å²) in [6.45, 7) is 7.31. The van der Waals surface area contributed by atoms with Crippen molar-refractivity contribution < 1.29 is 4.79 Å². The van der Waals surface area contributed by atoms with Crippen LogP contribution >= 0.6 is 0 Å². The quantitative estimate of drug-likeness (QED) is 0.727. The van der Waals surface area contributed by atoms with Gasteiger partial charge in [0.05, 0.1) is 0 Å². The first-order valence-corrected chi connectivity index (χ1v) is 4.89. The van der Waals surface area contributed by atoms with Crippen LogP contribution in [-0.2, 0) is 7.05 Å². The maximum Gasteiger partial charge on any atom is 0.274 e. The van der Waals surface area contributed by atoms with Gasteiger partial charge in [0, 0.05) is 31.9 Å². The molecule has 0 aliphatic rings. The SMILES string of the molecule is CCN(CC)C(=O)c1nn(C)cc1C. The van der Waals surface area contributed by atoms with E-state index in [1.807, 2.05) is 34.0 Å². The minimum atomic E-state index is 0.0214. The van der Waals surface area contributed by atoms with Gasteiger partial charge in [0.2, 0.25) is 0 Å². The third kappa shape index (κ3) is 1.95. The van der Waals surface area contributed by atoms with Crippen LogP contribution in [0.1, 0.15) is 29.9 Å². The molecule has 0 atom stereocenters. The molecule has 1 heterocycles. The van der Waals surface area contributed by atoms with Crippen LogP contribution in [0.25, 0.3) is 0 Å². The number of aryl methyl sites for hydroxylation is 2. The second-order valence-electron chi connectivity index (χ2n) is 3.31. The molecule has 4 nitrogen and oxygen atoms in total. The zero-order chi connectivity index (χ0) is 10.7. The summed E-state index contributed by atoms with van der Waals surface area (Å²) in [5.74, 6) is 0.0214. The summed E-state index contributed by atoms with van der Waals surface area (Å²) in [5, 5.41) is 4.15. The summed E-state index contributed by atoms with van der Waals surface area (Å²) >= 11 is 0. The highest BCUT2D eigenvalue weighted by atomic mass is 16.2. The smallest absolute Gasteiger partial charge is 0.274 e. The van der Waals surface area contributed by atoms with Crippen molar-refractivity contribution in [3.8, 4) is 0 Å². The number of carbonyl (C=O) groups excluding carboxylic acids is 1. The van der Waals surface area contributed by atoms with E-state index in [2.05, 4.69) is 5.10 Å². The van der Waals surface area contributed by atoms with Gasteiger partial charge in [-0.15, -0.1) is 0 Å². The van der Waals surface area contributed by atoms with Crippen LogP contribution in [0.2, 0.25) is 0 Å². The Kier molecular flexibility index (Phi) is 3.28. The van der Waals surface area contributed by atoms with Gasteiger partial charge in [-0.25, -0.2) is 0 Å². The Balaban J connectivity index is 2.93. The molecule has 78 valence electrons. The van der Waals surface area contributed by atoms with Gasteiger partial charge in [-0.2, -0.15) is 5.10 Å². The standard InChI is InChI=1S/C10H17N3O/c1-5-13(6-2)10(14)9-8(3)7-12(4)11-9/h7H,5-6H2,1-4H3. The largest absolute Gasteiger partial charge is 0.338 e. The molecule has 0 saturated carbocycles. The summed E-state index contributed by atoms with van der Waals surface area (Å²) < 4.78 is 1.67. The van der Waals surface area contributed by atoms with Crippen LogP contribution in [0.15, 0.2) is 6.20 Å². The molecule has 0 aliphatic heterocycles. The molecule has 0 spiro atoms. The van der Waals surface area contributed by atoms with Crippen LogP contribution in [0.4, 0.5) is 0 Å². The van der Waals surface area contributed by atoms with Gasteiger partial charge in [-0.05, 0) is 20.8 Å². The molecule has 0 aromatic carbocycles. The third-order valence-corrected chi connectivity index (χ3v) is 2.26. The van der Waals surface area contributed by atoms with E-state index >= 15 is 0 Å². The van der Waals surface area contributed by atoms with E-state index in [0.29, 0.717) is 5.69 Å². The monoisotopic (exact) mass is 195 g/mol. The molecular weight excluding hydrogens is 178 g/mol. The zero-order valence-electron chi connectivity index (χ0n) is 9.24. The lowest BCUT2D eigenvalue weighted by Gasteiger charge is -2.17. The van der Waals surface area contributed by atoms with E-state index in [-0.39, 0.29) is 5.91 Å². The predicted molar refractivity (Wildman–Crippen MR) is 55.2 cm³/mol. The molecule has 4 heteroatoms. The lowest BCUT2D eigenvalue weighted by Crippen LogP contribution is -2.31. The van der Waals surface area contributed by atoms with E-state index in [1.165, 1.54) is 0 Å². The van der Waals surface area contributed by atoms with E-state index < -0.39 is 0 Å². The maximum atomic E-state index is 11.9. The fraction of sp³-hybridized carbons (Fsp3) is 0.600. The van der Waals surface area contributed by atoms with Gasteiger partial charge >= 0.3 is 0 Å². The molecule has 1 amide bonds. The average Bonchev–Trinajstić information content (AvgIpc) is 2.47. The fourth-order valence-electron chi connectivity index (χ4n) is 1.48. The highest BCUT2D eigenvalue weighted by Gasteiger charge is 2.17. The summed E-state index contributed by atoms with van der Waals surface area (Å²) in [6, 6.07) is 0. The highest BCUT2D eigenvalue weighted by Crippen LogP contribution is 2.07. The molecular formula is C10H17N3O. The Bertz CT molecular complexity index is 326. The Morgan fingerprint density at radius 3 is 2.43 bits per heavy atom. The third-order valence-electron chi connectivity index (χ3n) is 2.26. The van der Waals surface area contributed by atoms with Gasteiger partial charge in [-0.3, -0.25) is 9.48 Å². The van der Waals surface area contributed by atoms with Gasteiger partial charge in [0.1, 0.15) is 0 Å². The molecule has 1 rings (SSSR count). The summed E-state index contributed by atoms with van der Waals surface area (Å²) in [5.41, 5.74) is 1.50.